The van der Waals surface area contributed by atoms with E-state index in [0.29, 0.717) is 13.0 Å². The number of aryl methyl sites for hydroxylation is 1. The summed E-state index contributed by atoms with van der Waals surface area (Å²) in [6.45, 7) is 9.44. The van der Waals surface area contributed by atoms with Gasteiger partial charge in [-0.05, 0) is 39.7 Å². The Balaban J connectivity index is 2.77. The Morgan fingerprint density at radius 2 is 1.95 bits per heavy atom. The Hall–Kier alpha value is -2.04. The molecule has 5 nitrogen and oxygen atoms in total. The number of nitrogens with one attached hydrogen (secondary N) is 2. The van der Waals surface area contributed by atoms with Gasteiger partial charge in [-0.2, -0.15) is 0 Å². The van der Waals surface area contributed by atoms with Crippen LogP contribution in [0.5, 0.6) is 0 Å². The van der Waals surface area contributed by atoms with Crippen molar-refractivity contribution in [1.82, 2.24) is 10.6 Å². The van der Waals surface area contributed by atoms with E-state index in [1.165, 1.54) is 6.92 Å². The first-order valence-corrected chi connectivity index (χ1v) is 7.48. The average Bonchev–Trinajstić information content (AvgIpc) is 2.35. The Kier molecular flexibility index (Phi) is 6.40. The molecular formula is C17H26N2O3. The lowest BCUT2D eigenvalue weighted by Crippen LogP contribution is -2.36. The van der Waals surface area contributed by atoms with Crippen LogP contribution in [0, 0.1) is 6.92 Å². The smallest absolute Gasteiger partial charge is 0.408 e. The van der Waals surface area contributed by atoms with Crippen molar-refractivity contribution in [2.75, 3.05) is 6.54 Å². The number of carbonyl (C=O) groups excluding carboxylic acids is 2. The minimum Gasteiger partial charge on any atom is -0.444 e. The Bertz CT molecular complexity index is 521. The molecule has 0 aliphatic rings. The maximum absolute atomic E-state index is 12.0. The predicted octanol–water partition coefficient (Wildman–Crippen LogP) is 3.09. The van der Waals surface area contributed by atoms with Gasteiger partial charge >= 0.3 is 6.09 Å². The molecule has 0 bridgehead atoms. The van der Waals surface area contributed by atoms with Crippen LogP contribution in [0.4, 0.5) is 4.79 Å². The number of ether oxygens (including phenoxy) is 1. The molecule has 0 saturated heterocycles. The van der Waals surface area contributed by atoms with E-state index in [0.717, 1.165) is 11.1 Å². The second-order valence-corrected chi connectivity index (χ2v) is 6.38. The quantitative estimate of drug-likeness (QED) is 0.878. The van der Waals surface area contributed by atoms with E-state index in [9.17, 15) is 9.59 Å². The fourth-order valence-electron chi connectivity index (χ4n) is 2.05. The highest BCUT2D eigenvalue weighted by Crippen LogP contribution is 2.19. The van der Waals surface area contributed by atoms with Gasteiger partial charge in [-0.1, -0.05) is 29.8 Å². The van der Waals surface area contributed by atoms with Gasteiger partial charge in [0.15, 0.2) is 0 Å². The standard InChI is InChI=1S/C17H26N2O3/c1-12-7-6-8-14(11-12)15(9-10-18-13(2)20)19-16(21)22-17(3,4)5/h6-8,11,15H,9-10H2,1-5H3,(H,18,20)(H,19,21). The average molecular weight is 306 g/mol. The van der Waals surface area contributed by atoms with Crippen LogP contribution in [0.25, 0.3) is 0 Å². The summed E-state index contributed by atoms with van der Waals surface area (Å²) in [5.41, 5.74) is 1.57. The molecule has 1 aromatic rings. The zero-order chi connectivity index (χ0) is 16.8. The van der Waals surface area contributed by atoms with Crippen molar-refractivity contribution in [1.29, 1.82) is 0 Å². The second kappa shape index (κ2) is 7.82. The van der Waals surface area contributed by atoms with Gasteiger partial charge in [0.05, 0.1) is 6.04 Å². The highest BCUT2D eigenvalue weighted by atomic mass is 16.6. The van der Waals surface area contributed by atoms with E-state index in [-0.39, 0.29) is 11.9 Å². The predicted molar refractivity (Wildman–Crippen MR) is 86.6 cm³/mol. The topological polar surface area (TPSA) is 67.4 Å². The molecule has 0 aliphatic heterocycles. The first-order chi connectivity index (χ1) is 10.2. The van der Waals surface area contributed by atoms with E-state index in [1.807, 2.05) is 52.0 Å². The number of carbonyl (C=O) groups is 2. The van der Waals surface area contributed by atoms with Crippen LogP contribution in [-0.2, 0) is 9.53 Å². The minimum absolute atomic E-state index is 0.0831. The molecule has 1 aromatic carbocycles. The van der Waals surface area contributed by atoms with Crippen LogP contribution in [0.3, 0.4) is 0 Å². The van der Waals surface area contributed by atoms with Gasteiger partial charge in [-0.3, -0.25) is 4.79 Å². The number of amides is 2. The molecule has 0 spiro atoms. The maximum Gasteiger partial charge on any atom is 0.408 e. The van der Waals surface area contributed by atoms with Crippen molar-refractivity contribution >= 4 is 12.0 Å². The molecule has 0 heterocycles. The fourth-order valence-corrected chi connectivity index (χ4v) is 2.05. The molecule has 0 radical (unpaired) electrons. The summed E-state index contributed by atoms with van der Waals surface area (Å²) < 4.78 is 5.31. The molecule has 122 valence electrons. The summed E-state index contributed by atoms with van der Waals surface area (Å²) in [7, 11) is 0. The molecule has 2 amide bonds. The van der Waals surface area contributed by atoms with Gasteiger partial charge in [0.2, 0.25) is 5.91 Å². The molecule has 1 unspecified atom stereocenters. The first kappa shape index (κ1) is 18.0. The van der Waals surface area contributed by atoms with Gasteiger partial charge in [0.1, 0.15) is 5.60 Å². The van der Waals surface area contributed by atoms with Crippen molar-refractivity contribution in [2.45, 2.75) is 52.7 Å². The van der Waals surface area contributed by atoms with E-state index in [4.69, 9.17) is 4.74 Å². The van der Waals surface area contributed by atoms with Crippen LogP contribution in [0.15, 0.2) is 24.3 Å². The van der Waals surface area contributed by atoms with Gasteiger partial charge in [-0.25, -0.2) is 4.79 Å². The van der Waals surface area contributed by atoms with Crippen LogP contribution in [-0.4, -0.2) is 24.1 Å². The van der Waals surface area contributed by atoms with E-state index >= 15 is 0 Å². The van der Waals surface area contributed by atoms with E-state index in [2.05, 4.69) is 10.6 Å². The molecule has 0 aliphatic carbocycles. The van der Waals surface area contributed by atoms with Crippen LogP contribution in [0.2, 0.25) is 0 Å². The molecule has 2 N–H and O–H groups in total. The fraction of sp³-hybridized carbons (Fsp3) is 0.529. The number of rotatable bonds is 5. The third-order valence-electron chi connectivity index (χ3n) is 2.94. The monoisotopic (exact) mass is 306 g/mol. The lowest BCUT2D eigenvalue weighted by Gasteiger charge is -2.24. The van der Waals surface area contributed by atoms with Crippen molar-refractivity contribution in [3.8, 4) is 0 Å². The van der Waals surface area contributed by atoms with Gasteiger partial charge in [0, 0.05) is 13.5 Å². The van der Waals surface area contributed by atoms with Crippen LogP contribution in [0.1, 0.15) is 51.3 Å². The number of hydrogen-bond acceptors (Lipinski definition) is 3. The van der Waals surface area contributed by atoms with Crippen LogP contribution >= 0.6 is 0 Å². The molecule has 22 heavy (non-hydrogen) atoms. The summed E-state index contributed by atoms with van der Waals surface area (Å²) in [6, 6.07) is 7.73. The molecule has 0 saturated carbocycles. The highest BCUT2D eigenvalue weighted by molar-refractivity contribution is 5.72. The lowest BCUT2D eigenvalue weighted by molar-refractivity contribution is -0.118. The number of hydrogen-bond donors (Lipinski definition) is 2. The van der Waals surface area contributed by atoms with Gasteiger partial charge in [0.25, 0.3) is 0 Å². The van der Waals surface area contributed by atoms with Gasteiger partial charge in [-0.15, -0.1) is 0 Å². The zero-order valence-corrected chi connectivity index (χ0v) is 14.0. The molecule has 5 heteroatoms. The third kappa shape index (κ3) is 7.11. The summed E-state index contributed by atoms with van der Waals surface area (Å²) >= 11 is 0. The summed E-state index contributed by atoms with van der Waals surface area (Å²) in [6.07, 6.45) is 0.143. The minimum atomic E-state index is -0.543. The molecule has 0 fully saturated rings. The lowest BCUT2D eigenvalue weighted by atomic mass is 10.0. The van der Waals surface area contributed by atoms with E-state index in [1.54, 1.807) is 0 Å². The van der Waals surface area contributed by atoms with Crippen molar-refractivity contribution in [3.63, 3.8) is 0 Å². The SMILES string of the molecule is CC(=O)NCCC(NC(=O)OC(C)(C)C)c1cccc(C)c1. The summed E-state index contributed by atoms with van der Waals surface area (Å²) in [5.74, 6) is -0.0831. The molecule has 1 rings (SSSR count). The zero-order valence-electron chi connectivity index (χ0n) is 14.0. The maximum atomic E-state index is 12.0. The van der Waals surface area contributed by atoms with E-state index < -0.39 is 11.7 Å². The molecule has 1 atom stereocenters. The Morgan fingerprint density at radius 3 is 2.50 bits per heavy atom. The first-order valence-electron chi connectivity index (χ1n) is 7.48. The van der Waals surface area contributed by atoms with Crippen molar-refractivity contribution in [3.05, 3.63) is 35.4 Å². The molecular weight excluding hydrogens is 280 g/mol. The Morgan fingerprint density at radius 1 is 1.27 bits per heavy atom. The largest absolute Gasteiger partial charge is 0.444 e. The van der Waals surface area contributed by atoms with Crippen molar-refractivity contribution < 1.29 is 14.3 Å². The number of alkyl carbamates (subject to hydrolysis) is 1. The number of benzene rings is 1. The normalized spacial score (nSPS) is 12.4. The third-order valence-corrected chi connectivity index (χ3v) is 2.94. The second-order valence-electron chi connectivity index (χ2n) is 6.38. The molecule has 0 aromatic heterocycles. The Labute approximate surface area is 132 Å². The van der Waals surface area contributed by atoms with Crippen molar-refractivity contribution in [2.24, 2.45) is 0 Å². The highest BCUT2D eigenvalue weighted by Gasteiger charge is 2.20. The summed E-state index contributed by atoms with van der Waals surface area (Å²) in [4.78, 5) is 23.0. The van der Waals surface area contributed by atoms with Crippen LogP contribution < -0.4 is 10.6 Å². The summed E-state index contributed by atoms with van der Waals surface area (Å²) in [5, 5.41) is 5.63. The van der Waals surface area contributed by atoms with Gasteiger partial charge < -0.3 is 15.4 Å².